The van der Waals surface area contributed by atoms with Crippen LogP contribution in [-0.2, 0) is 17.0 Å². The summed E-state index contributed by atoms with van der Waals surface area (Å²) >= 11 is 0. The molecule has 6 nitrogen and oxygen atoms in total. The zero-order valence-electron chi connectivity index (χ0n) is 22.1. The van der Waals surface area contributed by atoms with Crippen molar-refractivity contribution in [1.29, 1.82) is 0 Å². The summed E-state index contributed by atoms with van der Waals surface area (Å²) in [5, 5.41) is 4.89. The van der Waals surface area contributed by atoms with Gasteiger partial charge >= 0.3 is 0 Å². The Morgan fingerprint density at radius 3 is 2.37 bits per heavy atom. The second-order valence-electron chi connectivity index (χ2n) is 11.4. The smallest absolute Gasteiger partial charge is 0.250 e. The maximum atomic E-state index is 6.50. The van der Waals surface area contributed by atoms with Crippen LogP contribution in [0.5, 0.6) is 17.2 Å². The number of benzene rings is 2. The molecule has 2 aromatic carbocycles. The fourth-order valence-corrected chi connectivity index (χ4v) is 6.52. The first-order valence-electron chi connectivity index (χ1n) is 12.7. The van der Waals surface area contributed by atoms with E-state index in [0.29, 0.717) is 0 Å². The van der Waals surface area contributed by atoms with Crippen LogP contribution in [0.4, 0.5) is 0 Å². The second kappa shape index (κ2) is 8.56. The normalized spacial score (nSPS) is 24.0. The van der Waals surface area contributed by atoms with E-state index in [1.54, 1.807) is 14.2 Å². The minimum Gasteiger partial charge on any atom is -0.544 e. The Kier molecular flexibility index (Phi) is 5.91. The van der Waals surface area contributed by atoms with Gasteiger partial charge in [0.1, 0.15) is 5.75 Å². The van der Waals surface area contributed by atoms with Crippen molar-refractivity contribution in [2.24, 2.45) is 11.1 Å². The van der Waals surface area contributed by atoms with Crippen molar-refractivity contribution in [3.63, 3.8) is 0 Å². The molecular weight excluding hydrogens is 456 g/mol. The molecule has 3 heterocycles. The first-order valence-corrected chi connectivity index (χ1v) is 15.6. The third-order valence-corrected chi connectivity index (χ3v) is 12.8. The van der Waals surface area contributed by atoms with E-state index in [1.807, 2.05) is 0 Å². The van der Waals surface area contributed by atoms with Gasteiger partial charge in [-0.25, -0.2) is 0 Å². The first-order chi connectivity index (χ1) is 16.6. The number of methoxy groups -OCH3 is 2. The molecule has 0 amide bonds. The van der Waals surface area contributed by atoms with Crippen LogP contribution in [0.2, 0.25) is 18.1 Å². The lowest BCUT2D eigenvalue weighted by Crippen LogP contribution is -2.58. The molecule has 0 radical (unpaired) electrons. The van der Waals surface area contributed by atoms with E-state index >= 15 is 0 Å². The average molecular weight is 495 g/mol. The van der Waals surface area contributed by atoms with Gasteiger partial charge in [0.25, 0.3) is 0 Å². The molecule has 0 N–H and O–H groups in total. The quantitative estimate of drug-likeness (QED) is 0.481. The largest absolute Gasteiger partial charge is 0.544 e. The Morgan fingerprint density at radius 1 is 1.03 bits per heavy atom. The van der Waals surface area contributed by atoms with Gasteiger partial charge in [-0.15, -0.1) is 0 Å². The van der Waals surface area contributed by atoms with Crippen LogP contribution < -0.4 is 13.9 Å². The van der Waals surface area contributed by atoms with Crippen molar-refractivity contribution >= 4 is 14.0 Å². The van der Waals surface area contributed by atoms with Crippen molar-refractivity contribution in [2.75, 3.05) is 27.3 Å². The molecule has 1 spiro atoms. The molecule has 0 aromatic heterocycles. The zero-order valence-corrected chi connectivity index (χ0v) is 23.1. The summed E-state index contributed by atoms with van der Waals surface area (Å²) < 4.78 is 17.8. The van der Waals surface area contributed by atoms with Gasteiger partial charge in [0, 0.05) is 24.2 Å². The average Bonchev–Trinajstić information content (AvgIpc) is 3.22. The Hall–Kier alpha value is -2.51. The van der Waals surface area contributed by atoms with Crippen LogP contribution >= 0.6 is 0 Å². The topological polar surface area (TPSA) is 52.5 Å². The number of oxime groups is 1. The molecule has 5 rings (SSSR count). The van der Waals surface area contributed by atoms with E-state index in [4.69, 9.17) is 23.9 Å². The van der Waals surface area contributed by atoms with E-state index in [1.165, 1.54) is 5.56 Å². The van der Waals surface area contributed by atoms with E-state index in [0.717, 1.165) is 66.4 Å². The van der Waals surface area contributed by atoms with Crippen molar-refractivity contribution in [2.45, 2.75) is 63.9 Å². The van der Waals surface area contributed by atoms with Crippen LogP contribution in [0.25, 0.3) is 0 Å². The molecule has 0 unspecified atom stereocenters. The van der Waals surface area contributed by atoms with E-state index in [-0.39, 0.29) is 11.0 Å². The number of piperidine rings is 1. The van der Waals surface area contributed by atoms with Crippen LogP contribution in [0.15, 0.2) is 41.6 Å². The summed E-state index contributed by atoms with van der Waals surface area (Å²) in [7, 11) is 1.49. The van der Waals surface area contributed by atoms with Crippen molar-refractivity contribution in [3.05, 3.63) is 53.1 Å². The van der Waals surface area contributed by atoms with Gasteiger partial charge in [-0.2, -0.15) is 0 Å². The van der Waals surface area contributed by atoms with Gasteiger partial charge in [-0.05, 0) is 79.4 Å². The number of hydrogen-bond acceptors (Lipinski definition) is 6. The van der Waals surface area contributed by atoms with E-state index in [9.17, 15) is 0 Å². The Morgan fingerprint density at radius 2 is 1.71 bits per heavy atom. The SMILES string of the molecule is COc1cc2c(cc1OC)[C@]13ON=C(c4ccc(O[Si](C)(C)C(C)(C)C)cc4)[C@H]1CCCN3CC2. The molecule has 188 valence electrons. The molecule has 0 aliphatic carbocycles. The second-order valence-corrected chi connectivity index (χ2v) is 16.2. The van der Waals surface area contributed by atoms with Crippen molar-refractivity contribution < 1.29 is 18.7 Å². The predicted molar refractivity (Wildman–Crippen MR) is 141 cm³/mol. The summed E-state index contributed by atoms with van der Waals surface area (Å²) in [6, 6.07) is 12.7. The molecule has 2 atom stereocenters. The molecular formula is C28H38N2O4Si. The summed E-state index contributed by atoms with van der Waals surface area (Å²) in [6.45, 7) is 13.3. The lowest BCUT2D eigenvalue weighted by molar-refractivity contribution is -0.190. The van der Waals surface area contributed by atoms with E-state index in [2.05, 4.69) is 75.2 Å². The van der Waals surface area contributed by atoms with Gasteiger partial charge < -0.3 is 18.7 Å². The number of rotatable bonds is 5. The third-order valence-electron chi connectivity index (χ3n) is 8.45. The molecule has 35 heavy (non-hydrogen) atoms. The molecule has 2 aromatic rings. The summed E-state index contributed by atoms with van der Waals surface area (Å²) in [6.07, 6.45) is 3.12. The van der Waals surface area contributed by atoms with E-state index < -0.39 is 14.0 Å². The number of ether oxygens (including phenoxy) is 2. The summed E-state index contributed by atoms with van der Waals surface area (Å²) in [4.78, 5) is 8.94. The highest BCUT2D eigenvalue weighted by Crippen LogP contribution is 2.53. The Bertz CT molecular complexity index is 1140. The molecule has 7 heteroatoms. The highest BCUT2D eigenvalue weighted by molar-refractivity contribution is 6.74. The van der Waals surface area contributed by atoms with Gasteiger partial charge in [-0.1, -0.05) is 25.9 Å². The minimum atomic E-state index is -1.89. The highest BCUT2D eigenvalue weighted by atomic mass is 28.4. The van der Waals surface area contributed by atoms with Gasteiger partial charge in [-0.3, -0.25) is 4.90 Å². The van der Waals surface area contributed by atoms with Crippen LogP contribution in [0.3, 0.4) is 0 Å². The number of hydrogen-bond donors (Lipinski definition) is 0. The molecule has 3 aliphatic heterocycles. The van der Waals surface area contributed by atoms with Crippen LogP contribution in [0, 0.1) is 5.92 Å². The number of nitrogens with zero attached hydrogens (tertiary/aromatic N) is 2. The zero-order chi connectivity index (χ0) is 25.0. The Labute approximate surface area is 210 Å². The van der Waals surface area contributed by atoms with Gasteiger partial charge in [0.2, 0.25) is 14.0 Å². The first kappa shape index (κ1) is 24.2. The standard InChI is InChI=1S/C28H38N2O4Si/c1-27(2,3)35(6,7)33-21-12-10-19(11-13-21)26-22-9-8-15-30-16-14-20-17-24(31-4)25(32-5)18-23(20)28(22,30)34-29-26/h10-13,17-18,22H,8-9,14-16H2,1-7H3/t22-,28-/m1/s1. The van der Waals surface area contributed by atoms with Crippen LogP contribution in [0.1, 0.15) is 50.3 Å². The molecule has 0 saturated carbocycles. The molecule has 1 saturated heterocycles. The summed E-state index contributed by atoms with van der Waals surface area (Å²) in [5.74, 6) is 2.58. The van der Waals surface area contributed by atoms with Gasteiger partial charge in [0.05, 0.1) is 25.8 Å². The Balaban J connectivity index is 1.48. The minimum absolute atomic E-state index is 0.153. The lowest BCUT2D eigenvalue weighted by Gasteiger charge is -2.49. The summed E-state index contributed by atoms with van der Waals surface area (Å²) in [5.41, 5.74) is 3.94. The highest BCUT2D eigenvalue weighted by Gasteiger charge is 2.58. The third kappa shape index (κ3) is 3.84. The fraction of sp³-hybridized carbons (Fsp3) is 0.536. The monoisotopic (exact) mass is 494 g/mol. The molecule has 1 fully saturated rings. The lowest BCUT2D eigenvalue weighted by atomic mass is 9.73. The molecule has 0 bridgehead atoms. The fourth-order valence-electron chi connectivity index (χ4n) is 5.49. The van der Waals surface area contributed by atoms with Crippen LogP contribution in [-0.4, -0.2) is 46.2 Å². The molecule has 3 aliphatic rings. The van der Waals surface area contributed by atoms with Gasteiger partial charge in [0.15, 0.2) is 11.5 Å². The predicted octanol–water partition coefficient (Wildman–Crippen LogP) is 5.94. The van der Waals surface area contributed by atoms with Crippen molar-refractivity contribution in [1.82, 2.24) is 4.90 Å². The van der Waals surface area contributed by atoms with Crippen molar-refractivity contribution in [3.8, 4) is 17.2 Å². The number of fused-ring (bicyclic) bond motifs is 1. The maximum Gasteiger partial charge on any atom is 0.250 e. The maximum absolute atomic E-state index is 6.50.